The highest BCUT2D eigenvalue weighted by molar-refractivity contribution is 5.69. The van der Waals surface area contributed by atoms with Crippen LogP contribution in [0.15, 0.2) is 24.3 Å². The molecule has 1 aromatic carbocycles. The zero-order chi connectivity index (χ0) is 16.7. The van der Waals surface area contributed by atoms with E-state index in [4.69, 9.17) is 4.74 Å². The van der Waals surface area contributed by atoms with Gasteiger partial charge in [0.05, 0.1) is 0 Å². The van der Waals surface area contributed by atoms with Crippen molar-refractivity contribution >= 4 is 5.97 Å². The summed E-state index contributed by atoms with van der Waals surface area (Å²) in [6.07, 6.45) is 8.92. The smallest absolute Gasteiger partial charge is 0.306 e. The van der Waals surface area contributed by atoms with Gasteiger partial charge in [0.2, 0.25) is 0 Å². The van der Waals surface area contributed by atoms with Crippen LogP contribution in [0.25, 0.3) is 0 Å². The third-order valence-electron chi connectivity index (χ3n) is 7.28. The van der Waals surface area contributed by atoms with Crippen LogP contribution < -0.4 is 0 Å². The van der Waals surface area contributed by atoms with Gasteiger partial charge in [0, 0.05) is 11.8 Å². The highest BCUT2D eigenvalue weighted by Gasteiger charge is 2.56. The van der Waals surface area contributed by atoms with Crippen molar-refractivity contribution in [2.45, 2.75) is 77.2 Å². The highest BCUT2D eigenvalue weighted by Crippen LogP contribution is 2.61. The molecule has 5 atom stereocenters. The molecule has 2 nitrogen and oxygen atoms in total. The fourth-order valence-corrected chi connectivity index (χ4v) is 6.09. The third kappa shape index (κ3) is 2.50. The Morgan fingerprint density at radius 2 is 2.04 bits per heavy atom. The summed E-state index contributed by atoms with van der Waals surface area (Å²) < 4.78 is 5.93. The Bertz CT molecular complexity index is 622. The lowest BCUT2D eigenvalue weighted by Crippen LogP contribution is -2.45. The van der Waals surface area contributed by atoms with Crippen LogP contribution in [0.3, 0.4) is 0 Å². The lowest BCUT2D eigenvalue weighted by atomic mass is 9.55. The number of aryl methyl sites for hydroxylation is 1. The van der Waals surface area contributed by atoms with Crippen molar-refractivity contribution in [1.82, 2.24) is 0 Å². The molecule has 5 unspecified atom stereocenters. The van der Waals surface area contributed by atoms with Crippen molar-refractivity contribution in [2.24, 2.45) is 17.3 Å². The monoisotopic (exact) mass is 326 g/mol. The van der Waals surface area contributed by atoms with Crippen LogP contribution in [0.4, 0.5) is 0 Å². The Morgan fingerprint density at radius 1 is 1.21 bits per heavy atom. The van der Waals surface area contributed by atoms with Gasteiger partial charge in [-0.2, -0.15) is 0 Å². The van der Waals surface area contributed by atoms with Crippen molar-refractivity contribution in [1.29, 1.82) is 0 Å². The summed E-state index contributed by atoms with van der Waals surface area (Å²) in [5, 5.41) is 0. The molecular weight excluding hydrogens is 296 g/mol. The fourth-order valence-electron chi connectivity index (χ4n) is 6.09. The van der Waals surface area contributed by atoms with Crippen molar-refractivity contribution in [2.75, 3.05) is 0 Å². The third-order valence-corrected chi connectivity index (χ3v) is 7.28. The minimum Gasteiger partial charge on any atom is -0.462 e. The topological polar surface area (TPSA) is 26.3 Å². The van der Waals surface area contributed by atoms with Crippen molar-refractivity contribution in [3.8, 4) is 0 Å². The molecule has 0 N–H and O–H groups in total. The number of esters is 1. The summed E-state index contributed by atoms with van der Waals surface area (Å²) in [5.41, 5.74) is 3.39. The van der Waals surface area contributed by atoms with Gasteiger partial charge in [-0.15, -0.1) is 0 Å². The molecule has 0 aromatic heterocycles. The molecule has 0 radical (unpaired) electrons. The summed E-state index contributed by atoms with van der Waals surface area (Å²) in [7, 11) is 0. The maximum atomic E-state index is 12.0. The zero-order valence-corrected chi connectivity index (χ0v) is 15.1. The quantitative estimate of drug-likeness (QED) is 0.709. The van der Waals surface area contributed by atoms with E-state index in [-0.39, 0.29) is 17.5 Å². The van der Waals surface area contributed by atoms with Gasteiger partial charge >= 0.3 is 5.97 Å². The van der Waals surface area contributed by atoms with E-state index in [9.17, 15) is 4.79 Å². The van der Waals surface area contributed by atoms with E-state index in [1.807, 2.05) is 6.92 Å². The summed E-state index contributed by atoms with van der Waals surface area (Å²) >= 11 is 0. The predicted molar refractivity (Wildman–Crippen MR) is 95.8 cm³/mol. The minimum absolute atomic E-state index is 0.0143. The molecule has 4 rings (SSSR count). The van der Waals surface area contributed by atoms with Gasteiger partial charge in [-0.1, -0.05) is 38.1 Å². The number of fused-ring (bicyclic) bond motifs is 5. The van der Waals surface area contributed by atoms with E-state index in [0.717, 1.165) is 30.6 Å². The lowest BCUT2D eigenvalue weighted by Gasteiger charge is -2.50. The fraction of sp³-hybridized carbons (Fsp3) is 0.682. The Hall–Kier alpha value is -1.31. The number of carbonyl (C=O) groups excluding carboxylic acids is 1. The van der Waals surface area contributed by atoms with Crippen LogP contribution in [0.2, 0.25) is 0 Å². The van der Waals surface area contributed by atoms with Crippen LogP contribution in [-0.2, 0) is 16.0 Å². The SMILES string of the molecule is CCCC(=O)OC1CCC2C3CCc4ccccc4C3CCC12C. The van der Waals surface area contributed by atoms with E-state index in [0.29, 0.717) is 6.42 Å². The molecule has 0 amide bonds. The second-order valence-corrected chi connectivity index (χ2v) is 8.46. The average molecular weight is 326 g/mol. The van der Waals surface area contributed by atoms with Gasteiger partial charge < -0.3 is 4.74 Å². The van der Waals surface area contributed by atoms with Crippen LogP contribution in [-0.4, -0.2) is 12.1 Å². The predicted octanol–water partition coefficient (Wildman–Crippen LogP) is 5.25. The van der Waals surface area contributed by atoms with Crippen LogP contribution in [0.5, 0.6) is 0 Å². The van der Waals surface area contributed by atoms with Crippen molar-refractivity contribution in [3.63, 3.8) is 0 Å². The molecular formula is C22H30O2. The molecule has 0 heterocycles. The average Bonchev–Trinajstić information content (AvgIpc) is 2.91. The van der Waals surface area contributed by atoms with Gasteiger partial charge in [0.15, 0.2) is 0 Å². The molecule has 0 spiro atoms. The van der Waals surface area contributed by atoms with Crippen molar-refractivity contribution < 1.29 is 9.53 Å². The molecule has 3 aliphatic rings. The number of hydrogen-bond acceptors (Lipinski definition) is 2. The van der Waals surface area contributed by atoms with Gasteiger partial charge in [-0.3, -0.25) is 4.79 Å². The van der Waals surface area contributed by atoms with Gasteiger partial charge in [-0.05, 0) is 73.8 Å². The number of rotatable bonds is 3. The summed E-state index contributed by atoms with van der Waals surface area (Å²) in [6, 6.07) is 9.08. The van der Waals surface area contributed by atoms with Crippen LogP contribution in [0, 0.1) is 17.3 Å². The Kier molecular flexibility index (Phi) is 4.18. The van der Waals surface area contributed by atoms with E-state index in [1.165, 1.54) is 32.1 Å². The standard InChI is InChI=1S/C22H30O2/c1-3-6-21(23)24-20-12-11-19-18-10-9-15-7-4-5-8-16(15)17(18)13-14-22(19,20)2/h4-5,7-8,17-20H,3,6,9-14H2,1-2H3. The largest absolute Gasteiger partial charge is 0.462 e. The summed E-state index contributed by atoms with van der Waals surface area (Å²) in [4.78, 5) is 12.0. The molecule has 0 bridgehead atoms. The van der Waals surface area contributed by atoms with Gasteiger partial charge in [-0.25, -0.2) is 0 Å². The number of hydrogen-bond donors (Lipinski definition) is 0. The van der Waals surface area contributed by atoms with Crippen LogP contribution in [0.1, 0.15) is 75.8 Å². The minimum atomic E-state index is 0.0143. The van der Waals surface area contributed by atoms with E-state index in [2.05, 4.69) is 31.2 Å². The highest BCUT2D eigenvalue weighted by atomic mass is 16.5. The molecule has 2 saturated carbocycles. The second kappa shape index (κ2) is 6.20. The first-order valence-electron chi connectivity index (χ1n) is 9.90. The summed E-state index contributed by atoms with van der Waals surface area (Å²) in [5.74, 6) is 2.26. The molecule has 2 heteroatoms. The van der Waals surface area contributed by atoms with Gasteiger partial charge in [0.1, 0.15) is 6.10 Å². The Labute approximate surface area is 146 Å². The zero-order valence-electron chi connectivity index (χ0n) is 15.1. The molecule has 0 aliphatic heterocycles. The second-order valence-electron chi connectivity index (χ2n) is 8.46. The maximum Gasteiger partial charge on any atom is 0.306 e. The molecule has 1 aromatic rings. The van der Waals surface area contributed by atoms with E-state index >= 15 is 0 Å². The lowest BCUT2D eigenvalue weighted by molar-refractivity contribution is -0.157. The molecule has 3 aliphatic carbocycles. The number of carbonyl (C=O) groups is 1. The normalized spacial score (nSPS) is 37.2. The first-order chi connectivity index (χ1) is 11.6. The first-order valence-corrected chi connectivity index (χ1v) is 9.90. The van der Waals surface area contributed by atoms with Crippen LogP contribution >= 0.6 is 0 Å². The van der Waals surface area contributed by atoms with Gasteiger partial charge in [0.25, 0.3) is 0 Å². The number of ether oxygens (including phenoxy) is 1. The summed E-state index contributed by atoms with van der Waals surface area (Å²) in [6.45, 7) is 4.45. The first kappa shape index (κ1) is 16.2. The molecule has 24 heavy (non-hydrogen) atoms. The van der Waals surface area contributed by atoms with E-state index in [1.54, 1.807) is 11.1 Å². The number of benzene rings is 1. The Balaban J connectivity index is 1.55. The van der Waals surface area contributed by atoms with E-state index < -0.39 is 0 Å². The molecule has 130 valence electrons. The molecule has 2 fully saturated rings. The maximum absolute atomic E-state index is 12.0. The van der Waals surface area contributed by atoms with Crippen molar-refractivity contribution in [3.05, 3.63) is 35.4 Å². The molecule has 0 saturated heterocycles. The Morgan fingerprint density at radius 3 is 2.88 bits per heavy atom.